The summed E-state index contributed by atoms with van der Waals surface area (Å²) < 4.78 is 39.1. The van der Waals surface area contributed by atoms with Crippen molar-refractivity contribution >= 4 is 17.7 Å². The van der Waals surface area contributed by atoms with Gasteiger partial charge in [-0.2, -0.15) is 0 Å². The number of hydrogen-bond donors (Lipinski definition) is 0. The van der Waals surface area contributed by atoms with Crippen LogP contribution in [-0.4, -0.2) is 25.7 Å². The fourth-order valence-electron chi connectivity index (χ4n) is 2.72. The molecule has 130 valence electrons. The first-order chi connectivity index (χ1) is 12.1. The summed E-state index contributed by atoms with van der Waals surface area (Å²) in [6.45, 7) is 2.37. The fraction of sp³-hybridized carbons (Fsp3) is 0.263. The fourth-order valence-corrected chi connectivity index (χ4v) is 2.72. The second kappa shape index (κ2) is 7.01. The summed E-state index contributed by atoms with van der Waals surface area (Å²) in [6.07, 6.45) is 2.09. The van der Waals surface area contributed by atoms with Crippen molar-refractivity contribution in [2.45, 2.75) is 19.3 Å². The summed E-state index contributed by atoms with van der Waals surface area (Å²) in [7, 11) is 1.42. The van der Waals surface area contributed by atoms with Crippen LogP contribution in [0.2, 0.25) is 0 Å². The average Bonchev–Trinajstić information content (AvgIpc) is 2.61. The van der Waals surface area contributed by atoms with Crippen molar-refractivity contribution in [3.8, 4) is 11.5 Å². The van der Waals surface area contributed by atoms with Gasteiger partial charge < -0.3 is 9.47 Å². The highest BCUT2D eigenvalue weighted by Gasteiger charge is 2.32. The first-order valence-electron chi connectivity index (χ1n) is 7.94. The van der Waals surface area contributed by atoms with Gasteiger partial charge in [0.2, 0.25) is 0 Å². The monoisotopic (exact) mass is 345 g/mol. The van der Waals surface area contributed by atoms with Gasteiger partial charge in [0, 0.05) is 17.8 Å². The maximum atomic E-state index is 14.3. The minimum absolute atomic E-state index is 0.125. The smallest absolute Gasteiger partial charge is 0.181 e. The highest BCUT2D eigenvalue weighted by molar-refractivity contribution is 6.16. The second-order valence-electron chi connectivity index (χ2n) is 5.63. The molecule has 0 aromatic heterocycles. The van der Waals surface area contributed by atoms with E-state index in [1.165, 1.54) is 37.6 Å². The van der Waals surface area contributed by atoms with Crippen LogP contribution in [0.1, 0.15) is 35.2 Å². The molecule has 0 saturated carbocycles. The van der Waals surface area contributed by atoms with Crippen LogP contribution in [0.25, 0.3) is 0 Å². The molecule has 2 aromatic rings. The summed E-state index contributed by atoms with van der Waals surface area (Å²) in [4.78, 5) is 17.0. The Kier molecular flexibility index (Phi) is 4.79. The van der Waals surface area contributed by atoms with Crippen molar-refractivity contribution in [1.29, 1.82) is 0 Å². The quantitative estimate of drug-likeness (QED) is 0.805. The van der Waals surface area contributed by atoms with E-state index in [-0.39, 0.29) is 16.8 Å². The Morgan fingerprint density at radius 3 is 2.64 bits per heavy atom. The standard InChI is InChI=1S/C19H17F2NO3/c1-3-8-25-16-7-6-14(20)17-18(16)22-10-13(19(17)23)12-5-4-11(24-2)9-15(12)21/h4-7,9-10,13H,3,8H2,1-2H3. The number of ketones is 1. The molecule has 0 radical (unpaired) electrons. The number of carbonyl (C=O) groups is 1. The van der Waals surface area contributed by atoms with Crippen molar-refractivity contribution < 1.29 is 23.0 Å². The van der Waals surface area contributed by atoms with Crippen molar-refractivity contribution in [3.05, 3.63) is 53.1 Å². The van der Waals surface area contributed by atoms with E-state index in [1.54, 1.807) is 6.07 Å². The lowest BCUT2D eigenvalue weighted by atomic mass is 9.88. The lowest BCUT2D eigenvalue weighted by Crippen LogP contribution is -2.20. The summed E-state index contributed by atoms with van der Waals surface area (Å²) in [6, 6.07) is 6.80. The largest absolute Gasteiger partial charge is 0.497 e. The number of halogens is 2. The van der Waals surface area contributed by atoms with Gasteiger partial charge in [-0.15, -0.1) is 0 Å². The first kappa shape index (κ1) is 17.1. The molecule has 0 amide bonds. The van der Waals surface area contributed by atoms with Gasteiger partial charge in [0.05, 0.1) is 25.2 Å². The molecule has 0 bridgehead atoms. The van der Waals surface area contributed by atoms with Gasteiger partial charge in [-0.05, 0) is 24.6 Å². The lowest BCUT2D eigenvalue weighted by Gasteiger charge is -2.21. The molecule has 4 nitrogen and oxygen atoms in total. The SMILES string of the molecule is CCCOc1ccc(F)c2c1N=CC(c1ccc(OC)cc1F)C2=O. The Hall–Kier alpha value is -2.76. The van der Waals surface area contributed by atoms with Crippen LogP contribution in [0.15, 0.2) is 35.3 Å². The van der Waals surface area contributed by atoms with Crippen molar-refractivity contribution in [2.75, 3.05) is 13.7 Å². The second-order valence-corrected chi connectivity index (χ2v) is 5.63. The molecule has 1 aliphatic rings. The Labute approximate surface area is 144 Å². The molecule has 1 atom stereocenters. The summed E-state index contributed by atoms with van der Waals surface area (Å²) in [5.41, 5.74) is 0.111. The Balaban J connectivity index is 2.03. The molecular weight excluding hydrogens is 328 g/mol. The molecule has 0 spiro atoms. The highest BCUT2D eigenvalue weighted by atomic mass is 19.1. The van der Waals surface area contributed by atoms with Crippen LogP contribution >= 0.6 is 0 Å². The van der Waals surface area contributed by atoms with E-state index >= 15 is 0 Å². The third-order valence-corrected chi connectivity index (χ3v) is 3.98. The lowest BCUT2D eigenvalue weighted by molar-refractivity contribution is 0.0977. The van der Waals surface area contributed by atoms with E-state index in [4.69, 9.17) is 9.47 Å². The van der Waals surface area contributed by atoms with Crippen LogP contribution < -0.4 is 9.47 Å². The van der Waals surface area contributed by atoms with Gasteiger partial charge >= 0.3 is 0 Å². The van der Waals surface area contributed by atoms with E-state index in [0.717, 1.165) is 6.42 Å². The number of carbonyl (C=O) groups excluding carboxylic acids is 1. The number of rotatable bonds is 5. The Morgan fingerprint density at radius 2 is 1.96 bits per heavy atom. The number of ether oxygens (including phenoxy) is 2. The first-order valence-corrected chi connectivity index (χ1v) is 7.94. The zero-order valence-electron chi connectivity index (χ0n) is 13.9. The molecule has 1 unspecified atom stereocenters. The number of benzene rings is 2. The van der Waals surface area contributed by atoms with E-state index in [0.29, 0.717) is 18.1 Å². The minimum Gasteiger partial charge on any atom is -0.497 e. The van der Waals surface area contributed by atoms with E-state index in [9.17, 15) is 13.6 Å². The van der Waals surface area contributed by atoms with Crippen LogP contribution in [0.4, 0.5) is 14.5 Å². The van der Waals surface area contributed by atoms with Crippen molar-refractivity contribution in [3.63, 3.8) is 0 Å². The molecular formula is C19H17F2NO3. The van der Waals surface area contributed by atoms with Crippen LogP contribution in [-0.2, 0) is 0 Å². The van der Waals surface area contributed by atoms with Crippen LogP contribution in [0, 0.1) is 11.6 Å². The summed E-state index contributed by atoms with van der Waals surface area (Å²) in [5.74, 6) is -2.16. The summed E-state index contributed by atoms with van der Waals surface area (Å²) in [5, 5.41) is 0. The molecule has 2 aromatic carbocycles. The number of fused-ring (bicyclic) bond motifs is 1. The number of aliphatic imine (C=N–C) groups is 1. The topological polar surface area (TPSA) is 47.9 Å². The van der Waals surface area contributed by atoms with Crippen LogP contribution in [0.5, 0.6) is 11.5 Å². The van der Waals surface area contributed by atoms with Gasteiger partial charge in [-0.25, -0.2) is 8.78 Å². The summed E-state index contributed by atoms with van der Waals surface area (Å²) >= 11 is 0. The van der Waals surface area contributed by atoms with Gasteiger partial charge in [0.25, 0.3) is 0 Å². The molecule has 0 aliphatic carbocycles. The molecule has 25 heavy (non-hydrogen) atoms. The maximum Gasteiger partial charge on any atom is 0.181 e. The molecule has 0 fully saturated rings. The van der Waals surface area contributed by atoms with Gasteiger partial charge in [-0.3, -0.25) is 9.79 Å². The number of nitrogens with zero attached hydrogens (tertiary/aromatic N) is 1. The molecule has 0 N–H and O–H groups in total. The highest BCUT2D eigenvalue weighted by Crippen LogP contribution is 2.40. The molecule has 3 rings (SSSR count). The third-order valence-electron chi connectivity index (χ3n) is 3.98. The minimum atomic E-state index is -0.991. The Morgan fingerprint density at radius 1 is 1.16 bits per heavy atom. The molecule has 0 saturated heterocycles. The average molecular weight is 345 g/mol. The van der Waals surface area contributed by atoms with Crippen LogP contribution in [0.3, 0.4) is 0 Å². The zero-order valence-corrected chi connectivity index (χ0v) is 13.9. The van der Waals surface area contributed by atoms with Gasteiger partial charge in [0.15, 0.2) is 5.78 Å². The van der Waals surface area contributed by atoms with Gasteiger partial charge in [-0.1, -0.05) is 13.0 Å². The van der Waals surface area contributed by atoms with E-state index in [2.05, 4.69) is 4.99 Å². The predicted octanol–water partition coefficient (Wildman–Crippen LogP) is 4.44. The third kappa shape index (κ3) is 3.12. The predicted molar refractivity (Wildman–Crippen MR) is 90.4 cm³/mol. The van der Waals surface area contributed by atoms with Crippen molar-refractivity contribution in [1.82, 2.24) is 0 Å². The normalized spacial score (nSPS) is 15.8. The molecule has 6 heteroatoms. The number of methoxy groups -OCH3 is 1. The van der Waals surface area contributed by atoms with E-state index in [1.807, 2.05) is 6.92 Å². The van der Waals surface area contributed by atoms with E-state index < -0.39 is 23.3 Å². The van der Waals surface area contributed by atoms with Gasteiger partial charge in [0.1, 0.15) is 28.8 Å². The maximum absolute atomic E-state index is 14.3. The number of Topliss-reactive ketones (excluding diaryl/α,β-unsaturated/α-hetero) is 1. The Bertz CT molecular complexity index is 849. The molecule has 1 aliphatic heterocycles. The molecule has 1 heterocycles. The number of hydrogen-bond acceptors (Lipinski definition) is 4. The zero-order chi connectivity index (χ0) is 18.0. The van der Waals surface area contributed by atoms with Crippen molar-refractivity contribution in [2.24, 2.45) is 4.99 Å².